The topological polar surface area (TPSA) is 83.1 Å². The van der Waals surface area contributed by atoms with Crippen molar-refractivity contribution in [2.45, 2.75) is 474 Å². The number of hydrogen-bond donors (Lipinski definition) is 0. The van der Waals surface area contributed by atoms with E-state index in [4.69, 9.17) is 40.7 Å². The van der Waals surface area contributed by atoms with E-state index in [0.29, 0.717) is 19.8 Å². The first-order chi connectivity index (χ1) is 59.9. The predicted molar refractivity (Wildman–Crippen MR) is 539 cm³/mol. The molecule has 4 unspecified atom stereocenters. The highest BCUT2D eigenvalue weighted by atomic mass is 31.2. The summed E-state index contributed by atoms with van der Waals surface area (Å²) in [4.78, 5) is 0. The molecule has 6 aromatic rings. The van der Waals surface area contributed by atoms with Gasteiger partial charge in [0, 0.05) is 22.6 Å². The van der Waals surface area contributed by atoms with Crippen LogP contribution in [0.25, 0.3) is 0 Å². The van der Waals surface area contributed by atoms with Gasteiger partial charge in [-0.25, -0.2) is 0 Å². The fourth-order valence-corrected chi connectivity index (χ4v) is 20.5. The van der Waals surface area contributed by atoms with E-state index in [9.17, 15) is 0 Å². The highest BCUT2D eigenvalue weighted by Crippen LogP contribution is 2.54. The molecule has 6 rings (SSSR count). The van der Waals surface area contributed by atoms with Crippen molar-refractivity contribution >= 4 is 25.8 Å². The van der Waals surface area contributed by atoms with Crippen LogP contribution in [-0.2, 0) is 49.1 Å². The highest BCUT2D eigenvalue weighted by molar-refractivity contribution is 7.43. The Kier molecular flexibility index (Phi) is 54.5. The zero-order valence-corrected chi connectivity index (χ0v) is 85.5. The average Bonchev–Trinajstić information content (AvgIpc) is 0.759. The number of para-hydroxylation sites is 3. The minimum atomic E-state index is -1.86. The van der Waals surface area contributed by atoms with E-state index in [0.717, 1.165) is 146 Å². The Labute approximate surface area is 766 Å². The molecule has 12 heteroatoms. The minimum absolute atomic E-state index is 0.0789. The summed E-state index contributed by atoms with van der Waals surface area (Å²) in [7, 11) is -5.54. The van der Waals surface area contributed by atoms with E-state index in [1.165, 1.54) is 270 Å². The molecule has 0 aliphatic rings. The lowest BCUT2D eigenvalue weighted by molar-refractivity contribution is 0.255. The second-order valence-electron chi connectivity index (χ2n) is 39.6. The molecule has 0 N–H and O–H groups in total. The van der Waals surface area contributed by atoms with Crippen LogP contribution in [0, 0.1) is 20.8 Å². The molecule has 4 atom stereocenters. The SMILES string of the molecule is CCCCCCCCCCCOP(Oc1ccccc1CCCCCCCC)Oc1cc(C)c(C(C)CC(c2cc(C(C)(C)C)c(OP(OCCCCCCCCCCC)Oc3ccccc3CCCCCCCC)cc2C)c2cc(C(C)(C)C)c(OP(OCCCCCCCCCCC)Oc3ccccc3CCCCCCCC)cc2C)cc1C(C)(C)C. The molecular weight excluding hydrogens is 1580 g/mol. The van der Waals surface area contributed by atoms with Gasteiger partial charge >= 0.3 is 25.8 Å². The summed E-state index contributed by atoms with van der Waals surface area (Å²) < 4.78 is 64.4. The van der Waals surface area contributed by atoms with Crippen LogP contribution in [0.3, 0.4) is 0 Å². The molecule has 0 spiro atoms. The van der Waals surface area contributed by atoms with Crippen LogP contribution >= 0.6 is 25.8 Å². The van der Waals surface area contributed by atoms with Crippen molar-refractivity contribution in [3.8, 4) is 34.5 Å². The zero-order chi connectivity index (χ0) is 89.6. The van der Waals surface area contributed by atoms with Gasteiger partial charge in [-0.1, -0.05) is 434 Å². The highest BCUT2D eigenvalue weighted by Gasteiger charge is 2.35. The van der Waals surface area contributed by atoms with Gasteiger partial charge in [-0.3, -0.25) is 13.6 Å². The Morgan fingerprint density at radius 2 is 0.460 bits per heavy atom. The lowest BCUT2D eigenvalue weighted by Gasteiger charge is -2.33. The molecule has 0 aliphatic heterocycles. The molecule has 0 aromatic heterocycles. The first kappa shape index (κ1) is 108. The average molecular weight is 1760 g/mol. The Morgan fingerprint density at radius 3 is 0.710 bits per heavy atom. The predicted octanol–water partition coefficient (Wildman–Crippen LogP) is 38.2. The number of benzene rings is 6. The molecule has 0 heterocycles. The summed E-state index contributed by atoms with van der Waals surface area (Å²) in [6.07, 6.45) is 59.5. The van der Waals surface area contributed by atoms with Gasteiger partial charge in [0.1, 0.15) is 34.5 Å². The van der Waals surface area contributed by atoms with Crippen LogP contribution in [0.15, 0.2) is 109 Å². The van der Waals surface area contributed by atoms with Crippen molar-refractivity contribution in [3.05, 3.63) is 176 Å². The molecule has 9 nitrogen and oxygen atoms in total. The third kappa shape index (κ3) is 42.0. The Hall–Kier alpha value is -4.71. The molecule has 0 fully saturated rings. The summed E-state index contributed by atoms with van der Waals surface area (Å²) in [5.41, 5.74) is 13.5. The summed E-state index contributed by atoms with van der Waals surface area (Å²) in [5.74, 6) is 5.05. The third-order valence-electron chi connectivity index (χ3n) is 25.1. The van der Waals surface area contributed by atoms with Crippen LogP contribution < -0.4 is 27.1 Å². The summed E-state index contributed by atoms with van der Waals surface area (Å²) in [5, 5.41) is 0. The van der Waals surface area contributed by atoms with E-state index in [2.05, 4.69) is 241 Å². The van der Waals surface area contributed by atoms with Gasteiger partial charge in [0.15, 0.2) is 0 Å². The normalized spacial score (nSPS) is 13.3. The molecule has 0 saturated carbocycles. The Bertz CT molecular complexity index is 3610. The smallest absolute Gasteiger partial charge is 0.417 e. The molecule has 0 radical (unpaired) electrons. The van der Waals surface area contributed by atoms with Gasteiger partial charge in [-0.2, -0.15) is 0 Å². The van der Waals surface area contributed by atoms with Crippen molar-refractivity contribution < 1.29 is 40.7 Å². The summed E-state index contributed by atoms with van der Waals surface area (Å²) in [6, 6.07) is 40.3. The third-order valence-corrected chi connectivity index (χ3v) is 28.3. The number of rotatable bonds is 71. The Morgan fingerprint density at radius 1 is 0.250 bits per heavy atom. The molecule has 0 saturated heterocycles. The number of aryl methyl sites for hydroxylation is 6. The molecule has 6 aromatic carbocycles. The van der Waals surface area contributed by atoms with Crippen LogP contribution in [0.2, 0.25) is 0 Å². The van der Waals surface area contributed by atoms with E-state index >= 15 is 0 Å². The van der Waals surface area contributed by atoms with Crippen LogP contribution in [0.1, 0.15) is 485 Å². The molecular formula is C112H181O9P3. The maximum absolute atomic E-state index is 7.43. The molecule has 0 amide bonds. The first-order valence-corrected chi connectivity index (χ1v) is 54.3. The van der Waals surface area contributed by atoms with Crippen LogP contribution in [0.4, 0.5) is 0 Å². The van der Waals surface area contributed by atoms with Crippen molar-refractivity contribution in [3.63, 3.8) is 0 Å². The van der Waals surface area contributed by atoms with E-state index in [1.54, 1.807) is 0 Å². The van der Waals surface area contributed by atoms with Crippen LogP contribution in [-0.4, -0.2) is 19.8 Å². The lowest BCUT2D eigenvalue weighted by Crippen LogP contribution is -2.19. The molecule has 0 bridgehead atoms. The molecule has 0 aliphatic carbocycles. The maximum atomic E-state index is 7.43. The fraction of sp³-hybridized carbons (Fsp3) is 0.679. The second-order valence-corrected chi connectivity index (χ2v) is 42.8. The largest absolute Gasteiger partial charge is 0.463 e. The summed E-state index contributed by atoms with van der Waals surface area (Å²) in [6.45, 7) is 45.9. The Balaban J connectivity index is 1.49. The van der Waals surface area contributed by atoms with Gasteiger partial charge in [0.05, 0.1) is 19.8 Å². The first-order valence-electron chi connectivity index (χ1n) is 51.0. The van der Waals surface area contributed by atoms with E-state index in [1.807, 2.05) is 0 Å². The second kappa shape index (κ2) is 62.6. The number of unbranched alkanes of at least 4 members (excludes halogenated alkanes) is 39. The van der Waals surface area contributed by atoms with Gasteiger partial charge in [-0.15, -0.1) is 0 Å². The molecule has 698 valence electrons. The quantitative estimate of drug-likeness (QED) is 0.0274. The van der Waals surface area contributed by atoms with Crippen LogP contribution in [0.5, 0.6) is 34.5 Å². The number of hydrogen-bond acceptors (Lipinski definition) is 9. The molecule has 124 heavy (non-hydrogen) atoms. The van der Waals surface area contributed by atoms with Gasteiger partial charge in [-0.05, 0) is 194 Å². The minimum Gasteiger partial charge on any atom is -0.417 e. The zero-order valence-electron chi connectivity index (χ0n) is 82.8. The fourth-order valence-electron chi connectivity index (χ4n) is 17.3. The standard InChI is InChI=1S/C112H181O9P3/c1-20-26-32-38-44-47-50-56-68-80-113-122(116-104-77-65-62-74-94(104)71-59-53-41-35-29-23-4)119-107-84-91(8)97(87-101(107)110(11,12)13)90(7)83-100(98-88-102(111(14,15)16)108(85-92(98)9)120-123(114-81-69-57-51-48-45-39-33-27-21-2)117-105-78-66-63-75-95(105)72-60-54-42-36-30-24-5)99-89-103(112(17,18)19)109(86-93(99)10)121-124(115-82-70-58-52-49-46-40-34-28-22-3)118-106-79-67-64-76-96(106)73-61-55-43-37-31-25-6/h62-67,74-79,84-90,100H,20-61,68-73,80-83H2,1-19H3. The van der Waals surface area contributed by atoms with Crippen molar-refractivity contribution in [1.29, 1.82) is 0 Å². The summed E-state index contributed by atoms with van der Waals surface area (Å²) >= 11 is 0. The van der Waals surface area contributed by atoms with Crippen molar-refractivity contribution in [2.24, 2.45) is 0 Å². The maximum Gasteiger partial charge on any atom is 0.463 e. The van der Waals surface area contributed by atoms with E-state index < -0.39 is 25.8 Å². The monoisotopic (exact) mass is 1760 g/mol. The van der Waals surface area contributed by atoms with Gasteiger partial charge < -0.3 is 27.1 Å². The van der Waals surface area contributed by atoms with E-state index in [-0.39, 0.29) is 28.1 Å². The van der Waals surface area contributed by atoms with Crippen molar-refractivity contribution in [2.75, 3.05) is 19.8 Å². The van der Waals surface area contributed by atoms with Crippen molar-refractivity contribution in [1.82, 2.24) is 0 Å². The van der Waals surface area contributed by atoms with Gasteiger partial charge in [0.25, 0.3) is 0 Å². The lowest BCUT2D eigenvalue weighted by atomic mass is 9.74. The van der Waals surface area contributed by atoms with Gasteiger partial charge in [0.2, 0.25) is 0 Å².